The van der Waals surface area contributed by atoms with E-state index in [1.807, 2.05) is 6.07 Å². The lowest BCUT2D eigenvalue weighted by Gasteiger charge is -2.14. The minimum absolute atomic E-state index is 0.824. The van der Waals surface area contributed by atoms with Gasteiger partial charge in [0.05, 0.1) is 0 Å². The molecule has 0 unspecified atom stereocenters. The molecule has 0 atom stereocenters. The van der Waals surface area contributed by atoms with Crippen LogP contribution < -0.4 is 5.32 Å². The maximum absolute atomic E-state index is 4.14. The molecule has 0 aliphatic carbocycles. The van der Waals surface area contributed by atoms with Gasteiger partial charge in [0.15, 0.2) is 0 Å². The molecule has 0 radical (unpaired) electrons. The molecular weight excluding hydrogens is 268 g/mol. The fourth-order valence-electron chi connectivity index (χ4n) is 1.96. The number of nitrogens with one attached hydrogen (secondary N) is 1. The zero-order valence-corrected chi connectivity index (χ0v) is 10.9. The molecule has 1 N–H and O–H groups in total. The number of hydrogen-bond donors (Lipinski definition) is 1. The molecule has 1 aromatic heterocycles. The van der Waals surface area contributed by atoms with Gasteiger partial charge in [-0.3, -0.25) is 0 Å². The van der Waals surface area contributed by atoms with E-state index in [1.165, 1.54) is 38.9 Å². The highest BCUT2D eigenvalue weighted by molar-refractivity contribution is 9.10. The van der Waals surface area contributed by atoms with Gasteiger partial charge in [-0.2, -0.15) is 0 Å². The van der Waals surface area contributed by atoms with E-state index in [1.54, 1.807) is 6.33 Å². The molecule has 5 heteroatoms. The maximum atomic E-state index is 4.14. The van der Waals surface area contributed by atoms with Crippen LogP contribution in [0.25, 0.3) is 0 Å². The van der Waals surface area contributed by atoms with Crippen LogP contribution in [0, 0.1) is 0 Å². The molecule has 88 valence electrons. The molecule has 2 rings (SSSR count). The summed E-state index contributed by atoms with van der Waals surface area (Å²) in [6, 6.07) is 1.90. The third-order valence-electron chi connectivity index (χ3n) is 2.79. The fraction of sp³-hybridized carbons (Fsp3) is 0.636. The predicted octanol–water partition coefficient (Wildman–Crippen LogP) is 2.14. The Morgan fingerprint density at radius 1 is 1.31 bits per heavy atom. The van der Waals surface area contributed by atoms with Gasteiger partial charge in [0.25, 0.3) is 0 Å². The summed E-state index contributed by atoms with van der Waals surface area (Å²) in [5.41, 5.74) is 0. The van der Waals surface area contributed by atoms with Crippen molar-refractivity contribution in [3.8, 4) is 0 Å². The molecule has 0 bridgehead atoms. The van der Waals surface area contributed by atoms with Crippen molar-refractivity contribution in [3.05, 3.63) is 17.0 Å². The Bertz CT molecular complexity index is 326. The number of aromatic nitrogens is 2. The highest BCUT2D eigenvalue weighted by Crippen LogP contribution is 2.10. The molecule has 0 aromatic carbocycles. The normalized spacial score (nSPS) is 16.6. The Hall–Kier alpha value is -0.680. The largest absolute Gasteiger partial charge is 0.370 e. The monoisotopic (exact) mass is 284 g/mol. The van der Waals surface area contributed by atoms with E-state index in [-0.39, 0.29) is 0 Å². The smallest absolute Gasteiger partial charge is 0.130 e. The van der Waals surface area contributed by atoms with Crippen molar-refractivity contribution in [2.75, 3.05) is 31.5 Å². The lowest BCUT2D eigenvalue weighted by molar-refractivity contribution is 0.337. The van der Waals surface area contributed by atoms with Crippen LogP contribution in [-0.2, 0) is 0 Å². The van der Waals surface area contributed by atoms with Gasteiger partial charge >= 0.3 is 0 Å². The number of anilines is 1. The van der Waals surface area contributed by atoms with Crippen molar-refractivity contribution < 1.29 is 0 Å². The van der Waals surface area contributed by atoms with E-state index in [0.29, 0.717) is 0 Å². The number of hydrogen-bond acceptors (Lipinski definition) is 4. The Labute approximate surface area is 105 Å². The average molecular weight is 285 g/mol. The van der Waals surface area contributed by atoms with E-state index in [4.69, 9.17) is 0 Å². The Morgan fingerprint density at radius 2 is 2.12 bits per heavy atom. The SMILES string of the molecule is Brc1cc(NCCCN2CCCC2)ncn1. The van der Waals surface area contributed by atoms with Gasteiger partial charge in [0.2, 0.25) is 0 Å². The Morgan fingerprint density at radius 3 is 2.88 bits per heavy atom. The van der Waals surface area contributed by atoms with Gasteiger partial charge in [0.1, 0.15) is 16.7 Å². The summed E-state index contributed by atoms with van der Waals surface area (Å²) in [7, 11) is 0. The molecular formula is C11H17BrN4. The molecule has 1 saturated heterocycles. The molecule has 0 spiro atoms. The summed E-state index contributed by atoms with van der Waals surface area (Å²) in [6.45, 7) is 4.72. The van der Waals surface area contributed by atoms with Crippen LogP contribution in [-0.4, -0.2) is 41.0 Å². The predicted molar refractivity (Wildman–Crippen MR) is 68.5 cm³/mol. The molecule has 1 aliphatic heterocycles. The first-order valence-corrected chi connectivity index (χ1v) is 6.58. The minimum Gasteiger partial charge on any atom is -0.370 e. The molecule has 0 amide bonds. The van der Waals surface area contributed by atoms with E-state index in [2.05, 4.69) is 36.1 Å². The summed E-state index contributed by atoms with van der Waals surface area (Å²) < 4.78 is 0.824. The molecule has 2 heterocycles. The van der Waals surface area contributed by atoms with Gasteiger partial charge < -0.3 is 10.2 Å². The summed E-state index contributed by atoms with van der Waals surface area (Å²) in [5.74, 6) is 0.892. The van der Waals surface area contributed by atoms with Crippen molar-refractivity contribution in [1.29, 1.82) is 0 Å². The zero-order valence-electron chi connectivity index (χ0n) is 9.32. The average Bonchev–Trinajstić information content (AvgIpc) is 2.77. The van der Waals surface area contributed by atoms with Gasteiger partial charge in [-0.15, -0.1) is 0 Å². The second kappa shape index (κ2) is 6.15. The minimum atomic E-state index is 0.824. The van der Waals surface area contributed by atoms with Crippen LogP contribution in [0.4, 0.5) is 5.82 Å². The number of nitrogens with zero attached hydrogens (tertiary/aromatic N) is 3. The van der Waals surface area contributed by atoms with Crippen molar-refractivity contribution in [1.82, 2.24) is 14.9 Å². The molecule has 4 nitrogen and oxygen atoms in total. The van der Waals surface area contributed by atoms with Crippen molar-refractivity contribution in [2.45, 2.75) is 19.3 Å². The standard InChI is InChI=1S/C11H17BrN4/c12-10-8-11(15-9-14-10)13-4-3-7-16-5-1-2-6-16/h8-9H,1-7H2,(H,13,14,15). The summed E-state index contributed by atoms with van der Waals surface area (Å²) in [5, 5.41) is 3.30. The molecule has 1 aliphatic rings. The lowest BCUT2D eigenvalue weighted by atomic mass is 10.4. The Kier molecular flexibility index (Phi) is 4.54. The Balaban J connectivity index is 1.64. The molecule has 1 fully saturated rings. The van der Waals surface area contributed by atoms with Crippen LogP contribution in [0.15, 0.2) is 17.0 Å². The maximum Gasteiger partial charge on any atom is 0.130 e. The number of likely N-dealkylation sites (tertiary alicyclic amines) is 1. The first kappa shape index (κ1) is 11.8. The number of halogens is 1. The quantitative estimate of drug-likeness (QED) is 0.664. The van der Waals surface area contributed by atoms with Crippen molar-refractivity contribution in [2.24, 2.45) is 0 Å². The van der Waals surface area contributed by atoms with Gasteiger partial charge in [0, 0.05) is 12.6 Å². The highest BCUT2D eigenvalue weighted by Gasteiger charge is 2.09. The lowest BCUT2D eigenvalue weighted by Crippen LogP contribution is -2.22. The first-order chi connectivity index (χ1) is 7.84. The van der Waals surface area contributed by atoms with Gasteiger partial charge in [-0.05, 0) is 54.8 Å². The summed E-state index contributed by atoms with van der Waals surface area (Å²) >= 11 is 3.33. The fourth-order valence-corrected chi connectivity index (χ4v) is 2.26. The summed E-state index contributed by atoms with van der Waals surface area (Å²) in [6.07, 6.45) is 5.47. The van der Waals surface area contributed by atoms with E-state index in [9.17, 15) is 0 Å². The van der Waals surface area contributed by atoms with Crippen molar-refractivity contribution in [3.63, 3.8) is 0 Å². The van der Waals surface area contributed by atoms with E-state index < -0.39 is 0 Å². The molecule has 16 heavy (non-hydrogen) atoms. The topological polar surface area (TPSA) is 41.0 Å². The number of rotatable bonds is 5. The van der Waals surface area contributed by atoms with Crippen LogP contribution in [0.5, 0.6) is 0 Å². The molecule has 0 saturated carbocycles. The van der Waals surface area contributed by atoms with Crippen LogP contribution >= 0.6 is 15.9 Å². The zero-order chi connectivity index (χ0) is 11.2. The van der Waals surface area contributed by atoms with Crippen LogP contribution in [0.2, 0.25) is 0 Å². The second-order valence-electron chi connectivity index (χ2n) is 4.06. The summed E-state index contributed by atoms with van der Waals surface area (Å²) in [4.78, 5) is 10.7. The van der Waals surface area contributed by atoms with E-state index >= 15 is 0 Å². The third-order valence-corrected chi connectivity index (χ3v) is 3.22. The van der Waals surface area contributed by atoms with Gasteiger partial charge in [-0.25, -0.2) is 9.97 Å². The van der Waals surface area contributed by atoms with Crippen LogP contribution in [0.1, 0.15) is 19.3 Å². The van der Waals surface area contributed by atoms with Crippen molar-refractivity contribution >= 4 is 21.7 Å². The van der Waals surface area contributed by atoms with Crippen LogP contribution in [0.3, 0.4) is 0 Å². The highest BCUT2D eigenvalue weighted by atomic mass is 79.9. The first-order valence-electron chi connectivity index (χ1n) is 5.78. The second-order valence-corrected chi connectivity index (χ2v) is 4.87. The molecule has 1 aromatic rings. The van der Waals surface area contributed by atoms with Gasteiger partial charge in [-0.1, -0.05) is 0 Å². The van der Waals surface area contributed by atoms with E-state index in [0.717, 1.165) is 17.0 Å². The third kappa shape index (κ3) is 3.72.